The number of nitrogens with zero attached hydrogens (tertiary/aromatic N) is 2. The van der Waals surface area contributed by atoms with Crippen molar-refractivity contribution >= 4 is 34.9 Å². The first-order valence-corrected chi connectivity index (χ1v) is 11.4. The maximum Gasteiger partial charge on any atom is 0.338 e. The minimum atomic E-state index is -0.460. The van der Waals surface area contributed by atoms with E-state index >= 15 is 0 Å². The summed E-state index contributed by atoms with van der Waals surface area (Å²) in [6, 6.07) is 13.6. The Morgan fingerprint density at radius 1 is 0.972 bits per heavy atom. The molecule has 0 spiro atoms. The van der Waals surface area contributed by atoms with Gasteiger partial charge < -0.3 is 23.8 Å². The molecule has 0 atom stereocenters. The zero-order valence-corrected chi connectivity index (χ0v) is 21.3. The van der Waals surface area contributed by atoms with Crippen molar-refractivity contribution in [3.05, 3.63) is 77.6 Å². The molecule has 9 nitrogen and oxygen atoms in total. The number of esters is 1. The lowest BCUT2D eigenvalue weighted by Crippen LogP contribution is -2.42. The number of benzene rings is 2. The number of aromatic nitrogens is 1. The summed E-state index contributed by atoms with van der Waals surface area (Å²) in [5, 5.41) is 2.92. The molecule has 0 fully saturated rings. The van der Waals surface area contributed by atoms with Gasteiger partial charge in [-0.25, -0.2) is 4.79 Å². The van der Waals surface area contributed by atoms with E-state index in [9.17, 15) is 9.59 Å². The molecule has 3 aromatic rings. The maximum atomic E-state index is 13.1. The highest BCUT2D eigenvalue weighted by Crippen LogP contribution is 2.38. The Bertz CT molecular complexity index is 1190. The fourth-order valence-electron chi connectivity index (χ4n) is 3.40. The molecule has 1 N–H and O–H groups in total. The summed E-state index contributed by atoms with van der Waals surface area (Å²) < 4.78 is 21.1. The molecule has 2 aromatic carbocycles. The summed E-state index contributed by atoms with van der Waals surface area (Å²) in [7, 11) is 4.43. The summed E-state index contributed by atoms with van der Waals surface area (Å²) >= 11 is 5.62. The minimum absolute atomic E-state index is 0.154. The average Bonchev–Trinajstić information content (AvgIpc) is 2.91. The van der Waals surface area contributed by atoms with Gasteiger partial charge in [-0.3, -0.25) is 15.1 Å². The lowest BCUT2D eigenvalue weighted by atomic mass is 10.1. The monoisotopic (exact) mass is 509 g/mol. The highest BCUT2D eigenvalue weighted by Gasteiger charge is 2.21. The molecule has 0 saturated carbocycles. The SMILES string of the molecule is CCOC(=O)c1ccc(N(Cc2cccnc2)C(=S)NC(=O)c2cc(OC)c(OC)c(OC)c2)cc1. The molecule has 36 heavy (non-hydrogen) atoms. The number of thiocarbonyl (C=S) groups is 1. The number of hydrogen-bond acceptors (Lipinski definition) is 8. The van der Waals surface area contributed by atoms with Gasteiger partial charge in [-0.05, 0) is 67.2 Å². The molecule has 0 aliphatic rings. The number of hydrogen-bond donors (Lipinski definition) is 1. The number of anilines is 1. The topological polar surface area (TPSA) is 99.2 Å². The van der Waals surface area contributed by atoms with Crippen LogP contribution in [0.3, 0.4) is 0 Å². The third-order valence-corrected chi connectivity index (χ3v) is 5.47. The maximum absolute atomic E-state index is 13.1. The largest absolute Gasteiger partial charge is 0.493 e. The molecule has 188 valence electrons. The predicted molar refractivity (Wildman–Crippen MR) is 139 cm³/mol. The smallest absolute Gasteiger partial charge is 0.338 e. The Kier molecular flexibility index (Phi) is 9.18. The van der Waals surface area contributed by atoms with Crippen molar-refractivity contribution in [2.45, 2.75) is 13.5 Å². The quantitative estimate of drug-likeness (QED) is 0.339. The first-order chi connectivity index (χ1) is 17.4. The van der Waals surface area contributed by atoms with Crippen LogP contribution in [0.5, 0.6) is 17.2 Å². The van der Waals surface area contributed by atoms with E-state index in [1.54, 1.807) is 60.6 Å². The molecule has 1 heterocycles. The van der Waals surface area contributed by atoms with Crippen LogP contribution in [-0.2, 0) is 11.3 Å². The lowest BCUT2D eigenvalue weighted by Gasteiger charge is -2.26. The zero-order valence-electron chi connectivity index (χ0n) is 20.4. The normalized spacial score (nSPS) is 10.2. The molecule has 10 heteroatoms. The van der Waals surface area contributed by atoms with Gasteiger partial charge in [0.25, 0.3) is 5.91 Å². The predicted octanol–water partition coefficient (Wildman–Crippen LogP) is 4.01. The summed E-state index contributed by atoms with van der Waals surface area (Å²) in [4.78, 5) is 31.1. The summed E-state index contributed by atoms with van der Waals surface area (Å²) in [5.41, 5.74) is 2.22. The second kappa shape index (κ2) is 12.5. The molecule has 0 aliphatic heterocycles. The fourth-order valence-corrected chi connectivity index (χ4v) is 3.66. The second-order valence-electron chi connectivity index (χ2n) is 7.39. The summed E-state index contributed by atoms with van der Waals surface area (Å²) in [6.45, 7) is 2.36. The van der Waals surface area contributed by atoms with E-state index in [4.69, 9.17) is 31.2 Å². The fraction of sp³-hybridized carbons (Fsp3) is 0.231. The van der Waals surface area contributed by atoms with E-state index in [2.05, 4.69) is 10.3 Å². The van der Waals surface area contributed by atoms with Crippen LogP contribution >= 0.6 is 12.2 Å². The van der Waals surface area contributed by atoms with Crippen LogP contribution in [0.25, 0.3) is 0 Å². The number of ether oxygens (including phenoxy) is 4. The molecule has 3 rings (SSSR count). The number of methoxy groups -OCH3 is 3. The molecule has 0 saturated heterocycles. The first kappa shape index (κ1) is 26.4. The van der Waals surface area contributed by atoms with E-state index in [1.165, 1.54) is 21.3 Å². The highest BCUT2D eigenvalue weighted by atomic mass is 32.1. The Morgan fingerprint density at radius 3 is 2.17 bits per heavy atom. The third-order valence-electron chi connectivity index (χ3n) is 5.15. The van der Waals surface area contributed by atoms with Gasteiger partial charge in [0.15, 0.2) is 16.6 Å². The van der Waals surface area contributed by atoms with E-state index < -0.39 is 11.9 Å². The summed E-state index contributed by atoms with van der Waals surface area (Å²) in [6.07, 6.45) is 3.39. The molecular formula is C26H27N3O6S. The zero-order chi connectivity index (χ0) is 26.1. The van der Waals surface area contributed by atoms with Crippen molar-refractivity contribution in [1.29, 1.82) is 0 Å². The number of rotatable bonds is 9. The molecule has 0 unspecified atom stereocenters. The van der Waals surface area contributed by atoms with Crippen molar-refractivity contribution in [2.24, 2.45) is 0 Å². The minimum Gasteiger partial charge on any atom is -0.493 e. The summed E-state index contributed by atoms with van der Waals surface area (Å²) in [5.74, 6) is 0.183. The number of pyridine rings is 1. The van der Waals surface area contributed by atoms with E-state index in [-0.39, 0.29) is 17.3 Å². The van der Waals surface area contributed by atoms with Gasteiger partial charge in [0.05, 0.1) is 40.0 Å². The van der Waals surface area contributed by atoms with Gasteiger partial charge in [0.2, 0.25) is 5.75 Å². The van der Waals surface area contributed by atoms with Crippen molar-refractivity contribution in [3.8, 4) is 17.2 Å². The first-order valence-electron chi connectivity index (χ1n) is 11.0. The van der Waals surface area contributed by atoms with Crippen molar-refractivity contribution in [3.63, 3.8) is 0 Å². The highest BCUT2D eigenvalue weighted by molar-refractivity contribution is 7.80. The number of nitrogens with one attached hydrogen (secondary N) is 1. The van der Waals surface area contributed by atoms with Gasteiger partial charge in [0, 0.05) is 23.6 Å². The Labute approximate surface area is 214 Å². The van der Waals surface area contributed by atoms with Gasteiger partial charge >= 0.3 is 5.97 Å². The van der Waals surface area contributed by atoms with E-state index in [1.807, 2.05) is 12.1 Å². The average molecular weight is 510 g/mol. The van der Waals surface area contributed by atoms with E-state index in [0.29, 0.717) is 35.0 Å². The van der Waals surface area contributed by atoms with Crippen LogP contribution < -0.4 is 24.4 Å². The number of amides is 1. The van der Waals surface area contributed by atoms with Gasteiger partial charge in [-0.2, -0.15) is 0 Å². The van der Waals surface area contributed by atoms with Crippen LogP contribution in [0.15, 0.2) is 60.9 Å². The van der Waals surface area contributed by atoms with E-state index in [0.717, 1.165) is 5.56 Å². The van der Waals surface area contributed by atoms with Gasteiger partial charge in [-0.15, -0.1) is 0 Å². The number of carbonyl (C=O) groups excluding carboxylic acids is 2. The van der Waals surface area contributed by atoms with Crippen LogP contribution in [0.4, 0.5) is 5.69 Å². The Morgan fingerprint density at radius 2 is 1.64 bits per heavy atom. The van der Waals surface area contributed by atoms with Crippen molar-refractivity contribution in [2.75, 3.05) is 32.8 Å². The number of carbonyl (C=O) groups is 2. The Hall–Kier alpha value is -4.18. The van der Waals surface area contributed by atoms with Crippen LogP contribution in [-0.4, -0.2) is 49.9 Å². The molecule has 0 radical (unpaired) electrons. The van der Waals surface area contributed by atoms with Crippen molar-refractivity contribution < 1.29 is 28.5 Å². The second-order valence-corrected chi connectivity index (χ2v) is 7.77. The Balaban J connectivity index is 1.89. The standard InChI is InChI=1S/C26H27N3O6S/c1-5-35-25(31)18-8-10-20(11-9-18)29(16-17-7-6-12-27-15-17)26(36)28-24(30)19-13-21(32-2)23(34-4)22(14-19)33-3/h6-15H,5,16H2,1-4H3,(H,28,30,36). The third kappa shape index (κ3) is 6.28. The lowest BCUT2D eigenvalue weighted by molar-refractivity contribution is 0.0526. The molecule has 0 bridgehead atoms. The van der Waals surface area contributed by atoms with Gasteiger partial charge in [0.1, 0.15) is 0 Å². The van der Waals surface area contributed by atoms with Crippen LogP contribution in [0, 0.1) is 0 Å². The van der Waals surface area contributed by atoms with Crippen molar-refractivity contribution in [1.82, 2.24) is 10.3 Å². The molecule has 1 aromatic heterocycles. The molecular weight excluding hydrogens is 482 g/mol. The van der Waals surface area contributed by atoms with Crippen LogP contribution in [0.2, 0.25) is 0 Å². The van der Waals surface area contributed by atoms with Gasteiger partial charge in [-0.1, -0.05) is 6.07 Å². The molecule has 1 amide bonds. The van der Waals surface area contributed by atoms with Crippen LogP contribution in [0.1, 0.15) is 33.2 Å². The molecule has 0 aliphatic carbocycles.